The lowest BCUT2D eigenvalue weighted by atomic mass is 9.93. The molecule has 4 rings (SSSR count). The van der Waals surface area contributed by atoms with Crippen molar-refractivity contribution in [2.75, 3.05) is 11.1 Å². The highest BCUT2D eigenvalue weighted by Gasteiger charge is 2.30. The molecular formula is C19H21ClFN5. The summed E-state index contributed by atoms with van der Waals surface area (Å²) in [4.78, 5) is 4.30. The van der Waals surface area contributed by atoms with E-state index in [1.807, 2.05) is 4.68 Å². The van der Waals surface area contributed by atoms with Gasteiger partial charge in [-0.2, -0.15) is 4.98 Å². The summed E-state index contributed by atoms with van der Waals surface area (Å²) in [6.07, 6.45) is 1.79. The van der Waals surface area contributed by atoms with Gasteiger partial charge in [-0.25, -0.2) is 9.07 Å². The molecule has 7 heteroatoms. The van der Waals surface area contributed by atoms with E-state index >= 15 is 0 Å². The van der Waals surface area contributed by atoms with Crippen molar-refractivity contribution in [3.8, 4) is 0 Å². The quantitative estimate of drug-likeness (QED) is 0.724. The van der Waals surface area contributed by atoms with Gasteiger partial charge < -0.3 is 11.1 Å². The summed E-state index contributed by atoms with van der Waals surface area (Å²) in [7, 11) is 0. The summed E-state index contributed by atoms with van der Waals surface area (Å²) in [6.45, 7) is 2.14. The molecule has 0 saturated heterocycles. The van der Waals surface area contributed by atoms with Crippen molar-refractivity contribution in [3.05, 3.63) is 71.0 Å². The zero-order valence-corrected chi connectivity index (χ0v) is 15.2. The molecule has 2 heterocycles. The van der Waals surface area contributed by atoms with Crippen LogP contribution in [0.3, 0.4) is 0 Å². The van der Waals surface area contributed by atoms with Crippen LogP contribution in [0.15, 0.2) is 48.5 Å². The van der Waals surface area contributed by atoms with Crippen LogP contribution in [0.1, 0.15) is 42.1 Å². The Kier molecular flexibility index (Phi) is 5.13. The summed E-state index contributed by atoms with van der Waals surface area (Å²) >= 11 is 0. The molecule has 2 atom stereocenters. The van der Waals surface area contributed by atoms with Gasteiger partial charge in [0.2, 0.25) is 11.9 Å². The SMILES string of the molecule is CCc1ccc(C2CC(c3ccc(F)cc3)Nc3nc(N)nn32)cc1.Cl. The Morgan fingerprint density at radius 2 is 1.77 bits per heavy atom. The first kappa shape index (κ1) is 18.2. The molecule has 2 aromatic carbocycles. The Balaban J connectivity index is 0.00000196. The molecule has 0 bridgehead atoms. The topological polar surface area (TPSA) is 68.8 Å². The van der Waals surface area contributed by atoms with Crippen LogP contribution in [-0.2, 0) is 6.42 Å². The second-order valence-electron chi connectivity index (χ2n) is 6.33. The van der Waals surface area contributed by atoms with Gasteiger partial charge in [0, 0.05) is 0 Å². The number of aromatic nitrogens is 3. The minimum atomic E-state index is -0.237. The lowest BCUT2D eigenvalue weighted by Gasteiger charge is -2.31. The first-order valence-electron chi connectivity index (χ1n) is 8.47. The van der Waals surface area contributed by atoms with Crippen molar-refractivity contribution in [2.24, 2.45) is 0 Å². The van der Waals surface area contributed by atoms with Crippen LogP contribution in [0.4, 0.5) is 16.3 Å². The lowest BCUT2D eigenvalue weighted by molar-refractivity contribution is 0.431. The second kappa shape index (κ2) is 7.33. The van der Waals surface area contributed by atoms with Gasteiger partial charge in [-0.15, -0.1) is 17.5 Å². The molecule has 0 radical (unpaired) electrons. The van der Waals surface area contributed by atoms with Gasteiger partial charge in [0.15, 0.2) is 0 Å². The van der Waals surface area contributed by atoms with Gasteiger partial charge in [-0.05, 0) is 41.7 Å². The zero-order chi connectivity index (χ0) is 17.4. The predicted octanol–water partition coefficient (Wildman–Crippen LogP) is 4.13. The number of nitrogen functional groups attached to an aromatic ring is 1. The second-order valence-corrected chi connectivity index (χ2v) is 6.33. The summed E-state index contributed by atoms with van der Waals surface area (Å²) in [5.74, 6) is 0.652. The van der Waals surface area contributed by atoms with Crippen LogP contribution in [0.5, 0.6) is 0 Å². The van der Waals surface area contributed by atoms with E-state index < -0.39 is 0 Å². The van der Waals surface area contributed by atoms with Crippen molar-refractivity contribution in [2.45, 2.75) is 31.8 Å². The van der Waals surface area contributed by atoms with Gasteiger partial charge in [0.25, 0.3) is 0 Å². The molecular weight excluding hydrogens is 353 g/mol. The Bertz CT molecular complexity index is 876. The highest BCUT2D eigenvalue weighted by atomic mass is 35.5. The van der Waals surface area contributed by atoms with Crippen LogP contribution in [0.2, 0.25) is 0 Å². The summed E-state index contributed by atoms with van der Waals surface area (Å²) in [5, 5.41) is 7.72. The first-order chi connectivity index (χ1) is 12.1. The highest BCUT2D eigenvalue weighted by molar-refractivity contribution is 5.85. The number of nitrogens with one attached hydrogen (secondary N) is 1. The molecule has 0 spiro atoms. The van der Waals surface area contributed by atoms with E-state index in [1.165, 1.54) is 17.7 Å². The molecule has 136 valence electrons. The Morgan fingerprint density at radius 3 is 2.42 bits per heavy atom. The van der Waals surface area contributed by atoms with E-state index in [1.54, 1.807) is 12.1 Å². The maximum atomic E-state index is 13.2. The Labute approximate surface area is 157 Å². The number of anilines is 2. The van der Waals surface area contributed by atoms with Gasteiger partial charge in [-0.3, -0.25) is 0 Å². The van der Waals surface area contributed by atoms with Crippen LogP contribution in [0.25, 0.3) is 0 Å². The minimum absolute atomic E-state index is 0. The summed E-state index contributed by atoms with van der Waals surface area (Å²) in [5.41, 5.74) is 9.29. The van der Waals surface area contributed by atoms with Crippen LogP contribution < -0.4 is 11.1 Å². The largest absolute Gasteiger partial charge is 0.366 e. The van der Waals surface area contributed by atoms with Crippen LogP contribution >= 0.6 is 12.4 Å². The monoisotopic (exact) mass is 373 g/mol. The number of halogens is 2. The zero-order valence-electron chi connectivity index (χ0n) is 14.4. The number of nitrogens with two attached hydrogens (primary N) is 1. The molecule has 1 aliphatic rings. The van der Waals surface area contributed by atoms with E-state index in [-0.39, 0.29) is 36.3 Å². The fourth-order valence-corrected chi connectivity index (χ4v) is 3.36. The molecule has 3 aromatic rings. The van der Waals surface area contributed by atoms with Crippen molar-refractivity contribution >= 4 is 24.3 Å². The van der Waals surface area contributed by atoms with Crippen molar-refractivity contribution in [1.82, 2.24) is 14.8 Å². The number of benzene rings is 2. The molecule has 1 aromatic heterocycles. The molecule has 1 aliphatic heterocycles. The van der Waals surface area contributed by atoms with E-state index in [4.69, 9.17) is 5.73 Å². The third-order valence-electron chi connectivity index (χ3n) is 4.75. The smallest absolute Gasteiger partial charge is 0.241 e. The molecule has 5 nitrogen and oxygen atoms in total. The maximum Gasteiger partial charge on any atom is 0.241 e. The number of rotatable bonds is 3. The first-order valence-corrected chi connectivity index (χ1v) is 8.47. The van der Waals surface area contributed by atoms with Gasteiger partial charge in [0.1, 0.15) is 5.82 Å². The molecule has 26 heavy (non-hydrogen) atoms. The fraction of sp³-hybridized carbons (Fsp3) is 0.263. The average Bonchev–Trinajstić information content (AvgIpc) is 3.01. The average molecular weight is 374 g/mol. The molecule has 3 N–H and O–H groups in total. The summed E-state index contributed by atoms with van der Waals surface area (Å²) < 4.78 is 15.1. The predicted molar refractivity (Wildman–Crippen MR) is 103 cm³/mol. The number of nitrogens with zero attached hydrogens (tertiary/aromatic N) is 3. The van der Waals surface area contributed by atoms with E-state index in [0.29, 0.717) is 5.95 Å². The Hall–Kier alpha value is -2.60. The standard InChI is InChI=1S/C19H20FN5.ClH/c1-2-12-3-5-14(6-4-12)17-11-16(13-7-9-15(20)10-8-13)22-19-23-18(21)24-25(17)19;/h3-10,16-17H,2,11H2,1H3,(H3,21,22,23,24);1H. The normalized spacial score (nSPS) is 18.5. The number of hydrogen-bond donors (Lipinski definition) is 2. The molecule has 0 aliphatic carbocycles. The molecule has 0 saturated carbocycles. The van der Waals surface area contributed by atoms with E-state index in [2.05, 4.69) is 46.6 Å². The third kappa shape index (κ3) is 3.37. The fourth-order valence-electron chi connectivity index (χ4n) is 3.36. The lowest BCUT2D eigenvalue weighted by Crippen LogP contribution is -2.28. The molecule has 0 fully saturated rings. The highest BCUT2D eigenvalue weighted by Crippen LogP contribution is 2.38. The van der Waals surface area contributed by atoms with Crippen molar-refractivity contribution in [1.29, 1.82) is 0 Å². The number of aryl methyl sites for hydroxylation is 1. The van der Waals surface area contributed by atoms with E-state index in [9.17, 15) is 4.39 Å². The minimum Gasteiger partial charge on any atom is -0.366 e. The molecule has 0 amide bonds. The van der Waals surface area contributed by atoms with Crippen molar-refractivity contribution < 1.29 is 4.39 Å². The van der Waals surface area contributed by atoms with Crippen LogP contribution in [-0.4, -0.2) is 14.8 Å². The maximum absolute atomic E-state index is 13.2. The van der Waals surface area contributed by atoms with Crippen molar-refractivity contribution in [3.63, 3.8) is 0 Å². The van der Waals surface area contributed by atoms with Gasteiger partial charge >= 0.3 is 0 Å². The number of hydrogen-bond acceptors (Lipinski definition) is 4. The Morgan fingerprint density at radius 1 is 1.12 bits per heavy atom. The molecule has 2 unspecified atom stereocenters. The number of fused-ring (bicyclic) bond motifs is 1. The third-order valence-corrected chi connectivity index (χ3v) is 4.75. The van der Waals surface area contributed by atoms with E-state index in [0.717, 1.165) is 24.0 Å². The van der Waals surface area contributed by atoms with Gasteiger partial charge in [-0.1, -0.05) is 43.3 Å². The van der Waals surface area contributed by atoms with Gasteiger partial charge in [0.05, 0.1) is 12.1 Å². The van der Waals surface area contributed by atoms with Crippen LogP contribution in [0, 0.1) is 5.82 Å². The summed E-state index contributed by atoms with van der Waals surface area (Å²) in [6, 6.07) is 15.2.